The van der Waals surface area contributed by atoms with Crippen LogP contribution in [0.2, 0.25) is 0 Å². The van der Waals surface area contributed by atoms with E-state index in [1.807, 2.05) is 24.8 Å². The number of hydrogen-bond acceptors (Lipinski definition) is 3. The van der Waals surface area contributed by atoms with Gasteiger partial charge in [-0.25, -0.2) is 0 Å². The average Bonchev–Trinajstić information content (AvgIpc) is 3.32. The molecule has 6 nitrogen and oxygen atoms in total. The lowest BCUT2D eigenvalue weighted by molar-refractivity contribution is -0.119. The Morgan fingerprint density at radius 1 is 0.967 bits per heavy atom. The molecule has 1 heterocycles. The molecule has 2 N–H and O–H groups in total. The van der Waals surface area contributed by atoms with E-state index in [1.54, 1.807) is 48.5 Å². The molecule has 0 spiro atoms. The van der Waals surface area contributed by atoms with Gasteiger partial charge in [0.1, 0.15) is 6.04 Å². The third-order valence-electron chi connectivity index (χ3n) is 5.59. The summed E-state index contributed by atoms with van der Waals surface area (Å²) in [5.41, 5.74) is 1.62. The third-order valence-corrected chi connectivity index (χ3v) is 5.59. The van der Waals surface area contributed by atoms with Gasteiger partial charge >= 0.3 is 0 Å². The van der Waals surface area contributed by atoms with Crippen LogP contribution in [0.5, 0.6) is 0 Å². The minimum Gasteiger partial charge on any atom is -0.340 e. The zero-order valence-electron chi connectivity index (χ0n) is 17.6. The first-order valence-electron chi connectivity index (χ1n) is 10.6. The molecule has 0 aliphatic carbocycles. The number of nitrogens with one attached hydrogen (secondary N) is 2. The lowest BCUT2D eigenvalue weighted by Crippen LogP contribution is -2.47. The summed E-state index contributed by atoms with van der Waals surface area (Å²) in [7, 11) is 0. The maximum Gasteiger partial charge on any atom is 0.253 e. The van der Waals surface area contributed by atoms with E-state index >= 15 is 0 Å². The van der Waals surface area contributed by atoms with Gasteiger partial charge in [0.05, 0.1) is 0 Å². The molecule has 1 aliphatic heterocycles. The number of amides is 3. The molecule has 1 fully saturated rings. The van der Waals surface area contributed by atoms with E-state index in [4.69, 9.17) is 0 Å². The van der Waals surface area contributed by atoms with Gasteiger partial charge in [-0.05, 0) is 49.1 Å². The Morgan fingerprint density at radius 2 is 1.63 bits per heavy atom. The summed E-state index contributed by atoms with van der Waals surface area (Å²) in [4.78, 5) is 40.0. The van der Waals surface area contributed by atoms with E-state index in [2.05, 4.69) is 10.6 Å². The number of carbonyl (C=O) groups excluding carboxylic acids is 3. The molecule has 2 unspecified atom stereocenters. The standard InChI is InChI=1S/C24H29N3O3/c1-3-17(2)21(26-22(28)18-10-5-4-6-11-18)23(29)25-20-13-9-12-19(16-20)24(30)27-14-7-8-15-27/h4-6,9-13,16-17,21H,3,7-8,14-15H2,1-2H3,(H,25,29)(H,26,28). The molecule has 0 aromatic heterocycles. The van der Waals surface area contributed by atoms with Crippen molar-refractivity contribution in [3.8, 4) is 0 Å². The van der Waals surface area contributed by atoms with Crippen molar-refractivity contribution in [2.45, 2.75) is 39.2 Å². The van der Waals surface area contributed by atoms with Crippen molar-refractivity contribution in [1.29, 1.82) is 0 Å². The number of carbonyl (C=O) groups is 3. The molecule has 1 saturated heterocycles. The molecule has 2 aromatic rings. The van der Waals surface area contributed by atoms with Gasteiger partial charge < -0.3 is 15.5 Å². The summed E-state index contributed by atoms with van der Waals surface area (Å²) in [6, 6.07) is 15.2. The molecule has 0 radical (unpaired) electrons. The minimum absolute atomic E-state index is 0.0144. The fraction of sp³-hybridized carbons (Fsp3) is 0.375. The molecule has 0 bridgehead atoms. The Morgan fingerprint density at radius 3 is 2.30 bits per heavy atom. The van der Waals surface area contributed by atoms with Crippen LogP contribution in [0.3, 0.4) is 0 Å². The second-order valence-electron chi connectivity index (χ2n) is 7.77. The highest BCUT2D eigenvalue weighted by molar-refractivity contribution is 6.02. The van der Waals surface area contributed by atoms with Crippen molar-refractivity contribution in [1.82, 2.24) is 10.2 Å². The summed E-state index contributed by atoms with van der Waals surface area (Å²) < 4.78 is 0. The lowest BCUT2D eigenvalue weighted by atomic mass is 9.97. The minimum atomic E-state index is -0.680. The van der Waals surface area contributed by atoms with E-state index in [-0.39, 0.29) is 23.6 Å². The smallest absolute Gasteiger partial charge is 0.253 e. The van der Waals surface area contributed by atoms with Crippen LogP contribution in [0.25, 0.3) is 0 Å². The lowest BCUT2D eigenvalue weighted by Gasteiger charge is -2.24. The Balaban J connectivity index is 1.71. The zero-order chi connectivity index (χ0) is 21.5. The maximum absolute atomic E-state index is 13.0. The van der Waals surface area contributed by atoms with Gasteiger partial charge in [0, 0.05) is 29.9 Å². The molecule has 0 saturated carbocycles. The van der Waals surface area contributed by atoms with Crippen LogP contribution in [0.1, 0.15) is 53.8 Å². The van der Waals surface area contributed by atoms with Crippen molar-refractivity contribution < 1.29 is 14.4 Å². The molecule has 2 aromatic carbocycles. The fourth-order valence-corrected chi connectivity index (χ4v) is 3.57. The highest BCUT2D eigenvalue weighted by atomic mass is 16.2. The number of nitrogens with zero attached hydrogens (tertiary/aromatic N) is 1. The molecule has 6 heteroatoms. The average molecular weight is 408 g/mol. The van der Waals surface area contributed by atoms with Crippen LogP contribution in [0.15, 0.2) is 54.6 Å². The molecule has 2 atom stereocenters. The van der Waals surface area contributed by atoms with E-state index in [9.17, 15) is 14.4 Å². The Kier molecular flexibility index (Phi) is 7.22. The highest BCUT2D eigenvalue weighted by Crippen LogP contribution is 2.18. The predicted molar refractivity (Wildman–Crippen MR) is 117 cm³/mol. The molecule has 3 rings (SSSR count). The van der Waals surface area contributed by atoms with Gasteiger partial charge in [-0.2, -0.15) is 0 Å². The van der Waals surface area contributed by atoms with Crippen LogP contribution in [0, 0.1) is 5.92 Å². The first kappa shape index (κ1) is 21.6. The van der Waals surface area contributed by atoms with Gasteiger partial charge in [-0.1, -0.05) is 44.5 Å². The molecular formula is C24H29N3O3. The molecule has 1 aliphatic rings. The number of rotatable bonds is 7. The summed E-state index contributed by atoms with van der Waals surface area (Å²) >= 11 is 0. The van der Waals surface area contributed by atoms with Crippen molar-refractivity contribution >= 4 is 23.4 Å². The Hall–Kier alpha value is -3.15. The highest BCUT2D eigenvalue weighted by Gasteiger charge is 2.27. The number of benzene rings is 2. The molecule has 158 valence electrons. The topological polar surface area (TPSA) is 78.5 Å². The van der Waals surface area contributed by atoms with Crippen LogP contribution in [-0.4, -0.2) is 41.8 Å². The van der Waals surface area contributed by atoms with Crippen molar-refractivity contribution in [2.75, 3.05) is 18.4 Å². The second-order valence-corrected chi connectivity index (χ2v) is 7.77. The van der Waals surface area contributed by atoms with E-state index < -0.39 is 6.04 Å². The summed E-state index contributed by atoms with van der Waals surface area (Å²) in [5, 5.41) is 5.74. The van der Waals surface area contributed by atoms with Crippen molar-refractivity contribution in [3.63, 3.8) is 0 Å². The number of hydrogen-bond donors (Lipinski definition) is 2. The third kappa shape index (κ3) is 5.26. The summed E-state index contributed by atoms with van der Waals surface area (Å²) in [6.45, 7) is 5.46. The first-order chi connectivity index (χ1) is 14.5. The second kappa shape index (κ2) is 10.1. The summed E-state index contributed by atoms with van der Waals surface area (Å²) in [6.07, 6.45) is 2.79. The monoisotopic (exact) mass is 407 g/mol. The van der Waals surface area contributed by atoms with Crippen LogP contribution in [-0.2, 0) is 4.79 Å². The van der Waals surface area contributed by atoms with Gasteiger partial charge in [0.25, 0.3) is 11.8 Å². The van der Waals surface area contributed by atoms with E-state index in [1.165, 1.54) is 0 Å². The Labute approximate surface area is 177 Å². The Bertz CT molecular complexity index is 892. The zero-order valence-corrected chi connectivity index (χ0v) is 17.6. The SMILES string of the molecule is CCC(C)C(NC(=O)c1ccccc1)C(=O)Nc1cccc(C(=O)N2CCCC2)c1. The van der Waals surface area contributed by atoms with Crippen LogP contribution in [0.4, 0.5) is 5.69 Å². The summed E-state index contributed by atoms with van der Waals surface area (Å²) in [5.74, 6) is -0.639. The van der Waals surface area contributed by atoms with E-state index in [0.717, 1.165) is 32.4 Å². The van der Waals surface area contributed by atoms with Crippen molar-refractivity contribution in [2.24, 2.45) is 5.92 Å². The quantitative estimate of drug-likeness (QED) is 0.734. The van der Waals surface area contributed by atoms with E-state index in [0.29, 0.717) is 16.8 Å². The van der Waals surface area contributed by atoms with Gasteiger partial charge in [0.2, 0.25) is 5.91 Å². The van der Waals surface area contributed by atoms with Gasteiger partial charge in [0.15, 0.2) is 0 Å². The number of likely N-dealkylation sites (tertiary alicyclic amines) is 1. The molecule has 3 amide bonds. The largest absolute Gasteiger partial charge is 0.340 e. The van der Waals surface area contributed by atoms with Crippen LogP contribution >= 0.6 is 0 Å². The molecule has 30 heavy (non-hydrogen) atoms. The number of anilines is 1. The molecular weight excluding hydrogens is 378 g/mol. The fourth-order valence-electron chi connectivity index (χ4n) is 3.57. The maximum atomic E-state index is 13.0. The van der Waals surface area contributed by atoms with Gasteiger partial charge in [-0.15, -0.1) is 0 Å². The first-order valence-corrected chi connectivity index (χ1v) is 10.6. The normalized spacial score (nSPS) is 15.3. The van der Waals surface area contributed by atoms with Gasteiger partial charge in [-0.3, -0.25) is 14.4 Å². The predicted octanol–water partition coefficient (Wildman–Crippen LogP) is 3.71. The van der Waals surface area contributed by atoms with Crippen molar-refractivity contribution in [3.05, 3.63) is 65.7 Å². The van der Waals surface area contributed by atoms with Crippen LogP contribution < -0.4 is 10.6 Å².